The van der Waals surface area contributed by atoms with E-state index < -0.39 is 0 Å². The predicted octanol–water partition coefficient (Wildman–Crippen LogP) is 2.00. The van der Waals surface area contributed by atoms with Crippen molar-refractivity contribution >= 4 is 11.7 Å². The molecular weight excluding hydrogens is 347 g/mol. The van der Waals surface area contributed by atoms with Crippen LogP contribution in [0.15, 0.2) is 42.7 Å². The summed E-state index contributed by atoms with van der Waals surface area (Å²) in [6.07, 6.45) is 3.76. The highest BCUT2D eigenvalue weighted by atomic mass is 19.1. The predicted molar refractivity (Wildman–Crippen MR) is 99.2 cm³/mol. The molecule has 140 valence electrons. The molecule has 0 saturated carbocycles. The van der Waals surface area contributed by atoms with Gasteiger partial charge in [-0.15, -0.1) is 0 Å². The average molecular weight is 368 g/mol. The van der Waals surface area contributed by atoms with Gasteiger partial charge in [-0.05, 0) is 36.8 Å². The maximum absolute atomic E-state index is 13.2. The molecule has 2 N–H and O–H groups in total. The molecule has 27 heavy (non-hydrogen) atoms. The average Bonchev–Trinajstić information content (AvgIpc) is 3.35. The highest BCUT2D eigenvalue weighted by Gasteiger charge is 2.35. The number of aryl methyl sites for hydroxylation is 2. The maximum atomic E-state index is 13.2. The van der Waals surface area contributed by atoms with Gasteiger partial charge < -0.3 is 10.6 Å². The summed E-state index contributed by atoms with van der Waals surface area (Å²) in [4.78, 5) is 13.0. The molecule has 2 aromatic heterocycles. The molecule has 3 aromatic rings. The SMILES string of the molecule is Cc1cc(NC(=O)[C@H]2CNC[C@@H]2c2cnn(C)c2)n(-c2ccc(F)cc2)n1. The van der Waals surface area contributed by atoms with Crippen molar-refractivity contribution in [2.24, 2.45) is 13.0 Å². The van der Waals surface area contributed by atoms with Gasteiger partial charge in [-0.3, -0.25) is 9.48 Å². The Morgan fingerprint density at radius 2 is 2.07 bits per heavy atom. The molecule has 1 amide bonds. The summed E-state index contributed by atoms with van der Waals surface area (Å²) in [6, 6.07) is 7.82. The van der Waals surface area contributed by atoms with E-state index in [0.717, 1.165) is 17.8 Å². The van der Waals surface area contributed by atoms with Crippen molar-refractivity contribution < 1.29 is 9.18 Å². The lowest BCUT2D eigenvalue weighted by Crippen LogP contribution is -2.28. The zero-order chi connectivity index (χ0) is 19.0. The van der Waals surface area contributed by atoms with Gasteiger partial charge in [-0.25, -0.2) is 9.07 Å². The number of rotatable bonds is 4. The number of carbonyl (C=O) groups excluding carboxylic acids is 1. The zero-order valence-corrected chi connectivity index (χ0v) is 15.2. The van der Waals surface area contributed by atoms with E-state index in [4.69, 9.17) is 0 Å². The van der Waals surface area contributed by atoms with Crippen LogP contribution >= 0.6 is 0 Å². The molecule has 1 fully saturated rings. The van der Waals surface area contributed by atoms with Crippen LogP contribution in [0.1, 0.15) is 17.2 Å². The minimum absolute atomic E-state index is 0.0713. The van der Waals surface area contributed by atoms with E-state index in [9.17, 15) is 9.18 Å². The topological polar surface area (TPSA) is 76.8 Å². The lowest BCUT2D eigenvalue weighted by atomic mass is 9.90. The molecule has 2 atom stereocenters. The van der Waals surface area contributed by atoms with Gasteiger partial charge in [-0.2, -0.15) is 10.2 Å². The van der Waals surface area contributed by atoms with E-state index in [0.29, 0.717) is 18.1 Å². The Balaban J connectivity index is 1.57. The molecule has 0 aliphatic carbocycles. The summed E-state index contributed by atoms with van der Waals surface area (Å²) in [5.41, 5.74) is 2.50. The molecule has 0 bridgehead atoms. The molecule has 1 aliphatic heterocycles. The quantitative estimate of drug-likeness (QED) is 0.738. The van der Waals surface area contributed by atoms with Crippen molar-refractivity contribution in [3.8, 4) is 5.69 Å². The van der Waals surface area contributed by atoms with Crippen LogP contribution in [0.5, 0.6) is 0 Å². The third kappa shape index (κ3) is 3.48. The number of hydrogen-bond acceptors (Lipinski definition) is 4. The third-order valence-electron chi connectivity index (χ3n) is 4.86. The van der Waals surface area contributed by atoms with Crippen molar-refractivity contribution in [1.29, 1.82) is 0 Å². The van der Waals surface area contributed by atoms with Crippen molar-refractivity contribution in [1.82, 2.24) is 24.9 Å². The molecule has 8 heteroatoms. The Bertz CT molecular complexity index is 961. The highest BCUT2D eigenvalue weighted by molar-refractivity contribution is 5.93. The molecule has 3 heterocycles. The monoisotopic (exact) mass is 368 g/mol. The van der Waals surface area contributed by atoms with E-state index in [1.807, 2.05) is 32.4 Å². The Hall–Kier alpha value is -3.00. The normalized spacial score (nSPS) is 19.4. The third-order valence-corrected chi connectivity index (χ3v) is 4.86. The van der Waals surface area contributed by atoms with Gasteiger partial charge in [-0.1, -0.05) is 0 Å². The lowest BCUT2D eigenvalue weighted by Gasteiger charge is -2.17. The van der Waals surface area contributed by atoms with Gasteiger partial charge in [0.15, 0.2) is 0 Å². The van der Waals surface area contributed by atoms with Gasteiger partial charge in [0.05, 0.1) is 23.5 Å². The van der Waals surface area contributed by atoms with E-state index in [1.165, 1.54) is 12.1 Å². The highest BCUT2D eigenvalue weighted by Crippen LogP contribution is 2.29. The molecule has 1 saturated heterocycles. The number of nitrogens with one attached hydrogen (secondary N) is 2. The molecule has 1 aromatic carbocycles. The fourth-order valence-corrected chi connectivity index (χ4v) is 3.52. The molecule has 1 aliphatic rings. The van der Waals surface area contributed by atoms with Crippen LogP contribution in [-0.2, 0) is 11.8 Å². The van der Waals surface area contributed by atoms with E-state index in [2.05, 4.69) is 20.8 Å². The minimum atomic E-state index is -0.315. The number of aromatic nitrogens is 4. The Kier molecular flexibility index (Phi) is 4.49. The summed E-state index contributed by atoms with van der Waals surface area (Å²) in [5.74, 6) is 0.0516. The number of hydrogen-bond donors (Lipinski definition) is 2. The lowest BCUT2D eigenvalue weighted by molar-refractivity contribution is -0.119. The second-order valence-corrected chi connectivity index (χ2v) is 6.87. The van der Waals surface area contributed by atoms with Crippen LogP contribution in [0.25, 0.3) is 5.69 Å². The van der Waals surface area contributed by atoms with Gasteiger partial charge in [0.25, 0.3) is 0 Å². The van der Waals surface area contributed by atoms with Gasteiger partial charge in [0.2, 0.25) is 5.91 Å². The molecule has 0 radical (unpaired) electrons. The van der Waals surface area contributed by atoms with Gasteiger partial charge in [0.1, 0.15) is 11.6 Å². The Morgan fingerprint density at radius 3 is 2.78 bits per heavy atom. The van der Waals surface area contributed by atoms with Crippen LogP contribution in [0.2, 0.25) is 0 Å². The van der Waals surface area contributed by atoms with E-state index >= 15 is 0 Å². The maximum Gasteiger partial charge on any atom is 0.230 e. The first-order chi connectivity index (χ1) is 13.0. The molecule has 4 rings (SSSR count). The first-order valence-corrected chi connectivity index (χ1v) is 8.84. The van der Waals surface area contributed by atoms with Crippen LogP contribution in [0, 0.1) is 18.7 Å². The number of nitrogens with zero attached hydrogens (tertiary/aromatic N) is 4. The largest absolute Gasteiger partial charge is 0.315 e. The van der Waals surface area contributed by atoms with Crippen molar-refractivity contribution in [3.05, 3.63) is 59.8 Å². The van der Waals surface area contributed by atoms with Gasteiger partial charge in [0, 0.05) is 38.3 Å². The standard InChI is InChI=1S/C19H21FN6O/c1-12-7-18(26(24-12)15-5-3-14(20)4-6-15)23-19(27)17-10-21-9-16(17)13-8-22-25(2)11-13/h3-8,11,16-17,21H,9-10H2,1-2H3,(H,23,27)/t16-,17+/m1/s1. The first kappa shape index (κ1) is 17.4. The second kappa shape index (κ2) is 6.96. The summed E-state index contributed by atoms with van der Waals surface area (Å²) < 4.78 is 16.6. The number of amides is 1. The number of halogens is 1. The van der Waals surface area contributed by atoms with Crippen LogP contribution < -0.4 is 10.6 Å². The van der Waals surface area contributed by atoms with Crippen molar-refractivity contribution in [3.63, 3.8) is 0 Å². The Morgan fingerprint density at radius 1 is 1.30 bits per heavy atom. The summed E-state index contributed by atoms with van der Waals surface area (Å²) in [6.45, 7) is 3.19. The number of benzene rings is 1. The molecule has 0 unspecified atom stereocenters. The Labute approximate surface area is 156 Å². The fraction of sp³-hybridized carbons (Fsp3) is 0.316. The van der Waals surface area contributed by atoms with Crippen LogP contribution in [0.4, 0.5) is 10.2 Å². The van der Waals surface area contributed by atoms with Gasteiger partial charge >= 0.3 is 0 Å². The summed E-state index contributed by atoms with van der Waals surface area (Å²) in [7, 11) is 1.87. The van der Waals surface area contributed by atoms with E-state index in [1.54, 1.807) is 21.5 Å². The van der Waals surface area contributed by atoms with Crippen molar-refractivity contribution in [2.45, 2.75) is 12.8 Å². The second-order valence-electron chi connectivity index (χ2n) is 6.87. The number of carbonyl (C=O) groups is 1. The summed E-state index contributed by atoms with van der Waals surface area (Å²) in [5, 5.41) is 14.9. The first-order valence-electron chi connectivity index (χ1n) is 8.84. The minimum Gasteiger partial charge on any atom is -0.315 e. The number of anilines is 1. The fourth-order valence-electron chi connectivity index (χ4n) is 3.52. The molecule has 0 spiro atoms. The zero-order valence-electron chi connectivity index (χ0n) is 15.2. The molecular formula is C19H21FN6O. The van der Waals surface area contributed by atoms with Crippen LogP contribution in [0.3, 0.4) is 0 Å². The summed E-state index contributed by atoms with van der Waals surface area (Å²) >= 11 is 0. The van der Waals surface area contributed by atoms with E-state index in [-0.39, 0.29) is 23.6 Å². The van der Waals surface area contributed by atoms with Crippen molar-refractivity contribution in [2.75, 3.05) is 18.4 Å². The smallest absolute Gasteiger partial charge is 0.230 e. The van der Waals surface area contributed by atoms with Crippen LogP contribution in [-0.4, -0.2) is 38.6 Å². The molecule has 7 nitrogen and oxygen atoms in total.